The average Bonchev–Trinajstić information content (AvgIpc) is 3.00. The van der Waals surface area contributed by atoms with Gasteiger partial charge in [0.15, 0.2) is 0 Å². The number of benzene rings is 1. The van der Waals surface area contributed by atoms with Crippen molar-refractivity contribution in [1.29, 1.82) is 0 Å². The average molecular weight is 437 g/mol. The van der Waals surface area contributed by atoms with E-state index in [1.165, 1.54) is 5.56 Å². The van der Waals surface area contributed by atoms with E-state index in [2.05, 4.69) is 53.3 Å². The second-order valence-electron chi connectivity index (χ2n) is 9.38. The Labute approximate surface area is 191 Å². The van der Waals surface area contributed by atoms with Crippen LogP contribution in [0.4, 0.5) is 0 Å². The molecule has 6 nitrogen and oxygen atoms in total. The first-order chi connectivity index (χ1) is 15.4. The monoisotopic (exact) mass is 436 g/mol. The molecule has 32 heavy (non-hydrogen) atoms. The van der Waals surface area contributed by atoms with Gasteiger partial charge in [-0.1, -0.05) is 18.2 Å². The second-order valence-corrected chi connectivity index (χ2v) is 9.38. The van der Waals surface area contributed by atoms with E-state index >= 15 is 0 Å². The van der Waals surface area contributed by atoms with Gasteiger partial charge in [-0.25, -0.2) is 0 Å². The minimum Gasteiger partial charge on any atom is -0.496 e. The van der Waals surface area contributed by atoms with Crippen LogP contribution in [-0.2, 0) is 17.9 Å². The number of methoxy groups -OCH3 is 1. The summed E-state index contributed by atoms with van der Waals surface area (Å²) in [6.45, 7) is 8.58. The van der Waals surface area contributed by atoms with Crippen LogP contribution in [-0.4, -0.2) is 59.3 Å². The predicted octanol–water partition coefficient (Wildman–Crippen LogP) is 3.80. The number of hydrogen-bond acceptors (Lipinski definition) is 4. The lowest BCUT2D eigenvalue weighted by atomic mass is 9.81. The Balaban J connectivity index is 1.39. The lowest BCUT2D eigenvalue weighted by Crippen LogP contribution is -2.41. The Bertz CT molecular complexity index is 972. The third-order valence-corrected chi connectivity index (χ3v) is 7.01. The molecule has 2 aliphatic rings. The molecule has 0 spiro atoms. The number of piperidine rings is 1. The van der Waals surface area contributed by atoms with E-state index in [1.807, 2.05) is 23.6 Å². The lowest BCUT2D eigenvalue weighted by molar-refractivity contribution is -0.135. The molecule has 1 aromatic carbocycles. The van der Waals surface area contributed by atoms with Gasteiger partial charge in [-0.05, 0) is 75.9 Å². The van der Waals surface area contributed by atoms with Crippen molar-refractivity contribution >= 4 is 5.91 Å². The molecule has 1 amide bonds. The zero-order valence-electron chi connectivity index (χ0n) is 19.9. The summed E-state index contributed by atoms with van der Waals surface area (Å²) in [6, 6.07) is 8.61. The van der Waals surface area contributed by atoms with Gasteiger partial charge in [-0.2, -0.15) is 5.10 Å². The van der Waals surface area contributed by atoms with Gasteiger partial charge < -0.3 is 9.64 Å². The highest BCUT2D eigenvalue weighted by molar-refractivity contribution is 5.79. The van der Waals surface area contributed by atoms with E-state index in [-0.39, 0.29) is 5.92 Å². The summed E-state index contributed by atoms with van der Waals surface area (Å²) in [5, 5.41) is 4.61. The molecule has 0 unspecified atom stereocenters. The van der Waals surface area contributed by atoms with Gasteiger partial charge in [0, 0.05) is 37.3 Å². The molecule has 0 radical (unpaired) electrons. The van der Waals surface area contributed by atoms with Crippen LogP contribution in [0, 0.1) is 25.7 Å². The van der Waals surface area contributed by atoms with E-state index in [4.69, 9.17) is 4.74 Å². The van der Waals surface area contributed by atoms with E-state index in [0.29, 0.717) is 18.4 Å². The fourth-order valence-corrected chi connectivity index (χ4v) is 5.17. The maximum absolute atomic E-state index is 12.7. The molecular weight excluding hydrogens is 400 g/mol. The minimum atomic E-state index is 0.147. The quantitative estimate of drug-likeness (QED) is 0.647. The molecule has 172 valence electrons. The third-order valence-electron chi connectivity index (χ3n) is 7.01. The van der Waals surface area contributed by atoms with Crippen LogP contribution >= 0.6 is 0 Å². The number of ether oxygens (including phenoxy) is 1. The summed E-state index contributed by atoms with van der Waals surface area (Å²) in [4.78, 5) is 17.1. The molecule has 0 bridgehead atoms. The van der Waals surface area contributed by atoms with Gasteiger partial charge >= 0.3 is 0 Å². The summed E-state index contributed by atoms with van der Waals surface area (Å²) in [6.07, 6.45) is 7.39. The number of hydrogen-bond donors (Lipinski definition) is 0. The Morgan fingerprint density at radius 3 is 2.56 bits per heavy atom. The van der Waals surface area contributed by atoms with Gasteiger partial charge in [0.2, 0.25) is 5.91 Å². The molecule has 1 aromatic heterocycles. The number of allylic oxidation sites excluding steroid dienone is 1. The van der Waals surface area contributed by atoms with Crippen LogP contribution in [0.2, 0.25) is 0 Å². The van der Waals surface area contributed by atoms with Crippen LogP contribution in [0.15, 0.2) is 36.4 Å². The van der Waals surface area contributed by atoms with Crippen LogP contribution in [0.25, 0.3) is 0 Å². The molecule has 0 N–H and O–H groups in total. The molecule has 1 atom stereocenters. The van der Waals surface area contributed by atoms with Crippen molar-refractivity contribution in [2.24, 2.45) is 11.8 Å². The first kappa shape index (κ1) is 22.6. The number of carbonyl (C=O) groups excluding carboxylic acids is 1. The molecule has 4 rings (SSSR count). The standard InChI is InChI=1S/C26H36N4O2/c1-19-15-20(2)30(27-19)18-23-16-21(8-9-25(23)32-4)17-29-13-10-22(11-14-29)24-7-5-6-12-28(3)26(24)31/h5-6,8-9,15-16,22,24H,7,10-14,17-18H2,1-4H3/t24-/m1/s1. The minimum absolute atomic E-state index is 0.147. The number of amides is 1. The van der Waals surface area contributed by atoms with Crippen molar-refractivity contribution in [2.75, 3.05) is 33.8 Å². The highest BCUT2D eigenvalue weighted by atomic mass is 16.5. The molecule has 1 saturated heterocycles. The van der Waals surface area contributed by atoms with Crippen molar-refractivity contribution in [1.82, 2.24) is 19.6 Å². The van der Waals surface area contributed by atoms with E-state index in [0.717, 1.165) is 68.1 Å². The highest BCUT2D eigenvalue weighted by Crippen LogP contribution is 2.31. The van der Waals surface area contributed by atoms with Crippen LogP contribution < -0.4 is 4.74 Å². The Morgan fingerprint density at radius 2 is 1.88 bits per heavy atom. The Hall–Kier alpha value is -2.60. The van der Waals surface area contributed by atoms with E-state index in [9.17, 15) is 4.79 Å². The molecule has 2 aliphatic heterocycles. The van der Waals surface area contributed by atoms with Crippen molar-refractivity contribution < 1.29 is 9.53 Å². The van der Waals surface area contributed by atoms with Gasteiger partial charge in [0.1, 0.15) is 5.75 Å². The van der Waals surface area contributed by atoms with Crippen LogP contribution in [0.3, 0.4) is 0 Å². The molecular formula is C26H36N4O2. The van der Waals surface area contributed by atoms with Crippen molar-refractivity contribution in [2.45, 2.75) is 46.2 Å². The van der Waals surface area contributed by atoms with Gasteiger partial charge in [0.25, 0.3) is 0 Å². The molecule has 1 fully saturated rings. The number of nitrogens with zero attached hydrogens (tertiary/aromatic N) is 4. The van der Waals surface area contributed by atoms with Crippen molar-refractivity contribution in [3.63, 3.8) is 0 Å². The summed E-state index contributed by atoms with van der Waals surface area (Å²) >= 11 is 0. The second kappa shape index (κ2) is 9.90. The number of aromatic nitrogens is 2. The number of aryl methyl sites for hydroxylation is 2. The lowest BCUT2D eigenvalue weighted by Gasteiger charge is -2.36. The fraction of sp³-hybridized carbons (Fsp3) is 0.538. The first-order valence-corrected chi connectivity index (χ1v) is 11.7. The smallest absolute Gasteiger partial charge is 0.226 e. The summed E-state index contributed by atoms with van der Waals surface area (Å²) in [5.41, 5.74) is 4.65. The normalized spacial score (nSPS) is 20.6. The molecule has 0 aliphatic carbocycles. The number of likely N-dealkylation sites (tertiary alicyclic amines) is 1. The van der Waals surface area contributed by atoms with Crippen LogP contribution in [0.5, 0.6) is 5.75 Å². The third kappa shape index (κ3) is 5.07. The predicted molar refractivity (Wildman–Crippen MR) is 127 cm³/mol. The zero-order valence-corrected chi connectivity index (χ0v) is 19.9. The van der Waals surface area contributed by atoms with Crippen molar-refractivity contribution in [3.05, 3.63) is 58.9 Å². The largest absolute Gasteiger partial charge is 0.496 e. The topological polar surface area (TPSA) is 50.6 Å². The fourth-order valence-electron chi connectivity index (χ4n) is 5.17. The van der Waals surface area contributed by atoms with Gasteiger partial charge in [-0.3, -0.25) is 14.4 Å². The summed E-state index contributed by atoms with van der Waals surface area (Å²) in [7, 11) is 3.65. The maximum atomic E-state index is 12.7. The van der Waals surface area contributed by atoms with Gasteiger partial charge in [0.05, 0.1) is 19.3 Å². The summed E-state index contributed by atoms with van der Waals surface area (Å²) < 4.78 is 7.66. The van der Waals surface area contributed by atoms with Crippen LogP contribution in [0.1, 0.15) is 41.8 Å². The number of likely N-dealkylation sites (N-methyl/N-ethyl adjacent to an activating group) is 1. The van der Waals surface area contributed by atoms with Gasteiger partial charge in [-0.15, -0.1) is 0 Å². The van der Waals surface area contributed by atoms with E-state index < -0.39 is 0 Å². The molecule has 3 heterocycles. The van der Waals surface area contributed by atoms with Crippen molar-refractivity contribution in [3.8, 4) is 5.75 Å². The highest BCUT2D eigenvalue weighted by Gasteiger charge is 2.33. The maximum Gasteiger partial charge on any atom is 0.226 e. The number of rotatable bonds is 6. The Kier molecular flexibility index (Phi) is 6.99. The molecule has 0 saturated carbocycles. The van der Waals surface area contributed by atoms with E-state index in [1.54, 1.807) is 7.11 Å². The SMILES string of the molecule is COc1ccc(CN2CCC([C@H]3CC=CCN(C)C3=O)CC2)cc1Cn1nc(C)cc1C. The molecule has 2 aromatic rings. The first-order valence-electron chi connectivity index (χ1n) is 11.7. The summed E-state index contributed by atoms with van der Waals surface area (Å²) in [5.74, 6) is 1.86. The zero-order chi connectivity index (χ0) is 22.7. The Morgan fingerprint density at radius 1 is 1.09 bits per heavy atom. The number of carbonyl (C=O) groups is 1. The molecule has 6 heteroatoms.